The number of nitrogens with one attached hydrogen (secondary N) is 2. The molecule has 0 saturated heterocycles. The number of carbonyl (C=O) groups excluding carboxylic acids is 1. The van der Waals surface area contributed by atoms with Crippen molar-refractivity contribution in [1.29, 1.82) is 0 Å². The van der Waals surface area contributed by atoms with Gasteiger partial charge in [-0.25, -0.2) is 5.48 Å². The van der Waals surface area contributed by atoms with E-state index in [0.717, 1.165) is 28.8 Å². The second-order valence-corrected chi connectivity index (χ2v) is 6.19. The lowest BCUT2D eigenvalue weighted by molar-refractivity contribution is -0.129. The summed E-state index contributed by atoms with van der Waals surface area (Å²) in [5.41, 5.74) is 5.71. The zero-order valence-electron chi connectivity index (χ0n) is 13.9. The summed E-state index contributed by atoms with van der Waals surface area (Å²) in [6.07, 6.45) is 1.66. The molecule has 5 heteroatoms. The third kappa shape index (κ3) is 4.26. The Kier molecular flexibility index (Phi) is 5.48. The molecule has 130 valence electrons. The Morgan fingerprint density at radius 1 is 1.08 bits per heavy atom. The number of aliphatic hydroxyl groups is 1. The molecule has 1 amide bonds. The van der Waals surface area contributed by atoms with Crippen molar-refractivity contribution in [3.63, 3.8) is 0 Å². The van der Waals surface area contributed by atoms with Crippen LogP contribution in [0.1, 0.15) is 37.4 Å². The third-order valence-corrected chi connectivity index (χ3v) is 4.39. The van der Waals surface area contributed by atoms with Crippen LogP contribution in [0.25, 0.3) is 22.2 Å². The molecule has 3 aromatic rings. The number of benzene rings is 2. The van der Waals surface area contributed by atoms with Gasteiger partial charge in [0.1, 0.15) is 0 Å². The first kappa shape index (κ1) is 17.2. The molecule has 4 N–H and O–H groups in total. The number of carbonyl (C=O) groups is 1. The number of unbranched alkanes of at least 4 members (excludes halogenated alkanes) is 1. The highest BCUT2D eigenvalue weighted by atomic mass is 16.5. The minimum absolute atomic E-state index is 0.266. The van der Waals surface area contributed by atoms with E-state index in [1.54, 1.807) is 5.48 Å². The monoisotopic (exact) mass is 338 g/mol. The van der Waals surface area contributed by atoms with Crippen molar-refractivity contribution in [2.24, 2.45) is 0 Å². The molecule has 3 rings (SSSR count). The van der Waals surface area contributed by atoms with E-state index in [-0.39, 0.29) is 6.42 Å². The fourth-order valence-corrected chi connectivity index (χ4v) is 2.96. The number of hydrogen-bond acceptors (Lipinski definition) is 3. The lowest BCUT2D eigenvalue weighted by Crippen LogP contribution is -2.17. The van der Waals surface area contributed by atoms with Crippen LogP contribution in [0.15, 0.2) is 54.6 Å². The summed E-state index contributed by atoms with van der Waals surface area (Å²) in [4.78, 5) is 14.3. The molecule has 0 unspecified atom stereocenters. The van der Waals surface area contributed by atoms with E-state index >= 15 is 0 Å². The molecule has 2 aromatic carbocycles. The van der Waals surface area contributed by atoms with Crippen LogP contribution < -0.4 is 5.48 Å². The summed E-state index contributed by atoms with van der Waals surface area (Å²) in [6.45, 7) is 0. The van der Waals surface area contributed by atoms with Crippen LogP contribution in [0.4, 0.5) is 0 Å². The van der Waals surface area contributed by atoms with E-state index in [4.69, 9.17) is 5.21 Å². The summed E-state index contributed by atoms with van der Waals surface area (Å²) in [6, 6.07) is 18.1. The van der Waals surface area contributed by atoms with Crippen LogP contribution in [0.2, 0.25) is 0 Å². The van der Waals surface area contributed by atoms with E-state index in [2.05, 4.69) is 17.1 Å². The van der Waals surface area contributed by atoms with E-state index in [1.807, 2.05) is 42.5 Å². The van der Waals surface area contributed by atoms with Gasteiger partial charge in [-0.1, -0.05) is 48.9 Å². The number of aliphatic hydroxyl groups excluding tert-OH is 1. The molecular weight excluding hydrogens is 316 g/mol. The van der Waals surface area contributed by atoms with Crippen LogP contribution in [-0.4, -0.2) is 21.2 Å². The van der Waals surface area contributed by atoms with Gasteiger partial charge in [0.15, 0.2) is 0 Å². The maximum absolute atomic E-state index is 10.9. The fraction of sp³-hybridized carbons (Fsp3) is 0.250. The molecule has 1 heterocycles. The Morgan fingerprint density at radius 2 is 1.84 bits per heavy atom. The molecule has 0 fully saturated rings. The van der Waals surface area contributed by atoms with Crippen molar-refractivity contribution >= 4 is 16.8 Å². The first-order valence-corrected chi connectivity index (χ1v) is 8.46. The molecule has 0 saturated carbocycles. The van der Waals surface area contributed by atoms with Crippen molar-refractivity contribution in [3.8, 4) is 11.3 Å². The quantitative estimate of drug-likeness (QED) is 0.299. The van der Waals surface area contributed by atoms with Crippen LogP contribution in [0, 0.1) is 0 Å². The average molecular weight is 338 g/mol. The molecule has 25 heavy (non-hydrogen) atoms. The second kappa shape index (κ2) is 7.96. The van der Waals surface area contributed by atoms with E-state index in [1.165, 1.54) is 5.39 Å². The number of aromatic nitrogens is 1. The smallest absolute Gasteiger partial charge is 0.243 e. The van der Waals surface area contributed by atoms with Crippen molar-refractivity contribution in [2.75, 3.05) is 0 Å². The van der Waals surface area contributed by atoms with Crippen molar-refractivity contribution < 1.29 is 15.1 Å². The second-order valence-electron chi connectivity index (χ2n) is 6.19. The van der Waals surface area contributed by atoms with E-state index in [0.29, 0.717) is 12.8 Å². The zero-order valence-corrected chi connectivity index (χ0v) is 13.9. The highest BCUT2D eigenvalue weighted by molar-refractivity contribution is 5.85. The van der Waals surface area contributed by atoms with Crippen LogP contribution in [0.3, 0.4) is 0 Å². The number of hydrogen-bond donors (Lipinski definition) is 4. The van der Waals surface area contributed by atoms with Crippen molar-refractivity contribution in [2.45, 2.75) is 31.8 Å². The number of hydroxylamine groups is 1. The predicted molar refractivity (Wildman–Crippen MR) is 97.1 cm³/mol. The first-order valence-electron chi connectivity index (χ1n) is 8.46. The Morgan fingerprint density at radius 3 is 2.56 bits per heavy atom. The summed E-state index contributed by atoms with van der Waals surface area (Å²) >= 11 is 0. The summed E-state index contributed by atoms with van der Waals surface area (Å²) in [5, 5.41) is 19.9. The molecule has 1 atom stereocenters. The molecule has 0 aliphatic rings. The van der Waals surface area contributed by atoms with Gasteiger partial charge in [-0.05, 0) is 36.1 Å². The number of rotatable bonds is 7. The Hall–Kier alpha value is -2.63. The lowest BCUT2D eigenvalue weighted by Gasteiger charge is -2.11. The Bertz CT molecular complexity index is 807. The molecular formula is C20H22N2O3. The predicted octanol–water partition coefficient (Wildman–Crippen LogP) is 3.93. The van der Waals surface area contributed by atoms with Gasteiger partial charge in [-0.2, -0.15) is 0 Å². The normalized spacial score (nSPS) is 12.2. The number of fused-ring (bicyclic) bond motifs is 1. The maximum Gasteiger partial charge on any atom is 0.243 e. The molecule has 0 spiro atoms. The molecule has 0 bridgehead atoms. The van der Waals surface area contributed by atoms with Gasteiger partial charge in [0.05, 0.1) is 6.10 Å². The molecule has 5 nitrogen and oxygen atoms in total. The number of H-pyrrole nitrogens is 1. The lowest BCUT2D eigenvalue weighted by atomic mass is 10.0. The molecule has 1 aromatic heterocycles. The minimum atomic E-state index is -0.547. The summed E-state index contributed by atoms with van der Waals surface area (Å²) in [7, 11) is 0. The van der Waals surface area contributed by atoms with Gasteiger partial charge >= 0.3 is 0 Å². The fourth-order valence-electron chi connectivity index (χ4n) is 2.96. The first-order chi connectivity index (χ1) is 12.2. The highest BCUT2D eigenvalue weighted by Gasteiger charge is 2.09. The van der Waals surface area contributed by atoms with Crippen LogP contribution in [0.5, 0.6) is 0 Å². The van der Waals surface area contributed by atoms with Gasteiger partial charge in [0.2, 0.25) is 5.91 Å². The average Bonchev–Trinajstić information content (AvgIpc) is 3.09. The van der Waals surface area contributed by atoms with E-state index in [9.17, 15) is 9.90 Å². The number of amides is 1. The standard InChI is InChI=1S/C20H22N2O3/c23-19(7-3-4-8-20(24)22-25)15-11-9-14(10-12-15)18-13-16-5-1-2-6-17(16)21-18/h1-2,5-6,9-13,19,21,23,25H,3-4,7-8H2,(H,22,24)/t19-/m1/s1. The Balaban J connectivity index is 1.60. The van der Waals surface area contributed by atoms with Crippen molar-refractivity contribution in [1.82, 2.24) is 10.5 Å². The largest absolute Gasteiger partial charge is 0.388 e. The van der Waals surface area contributed by atoms with Crippen LogP contribution >= 0.6 is 0 Å². The molecule has 0 aliphatic carbocycles. The van der Waals surface area contributed by atoms with Gasteiger partial charge in [-0.15, -0.1) is 0 Å². The van der Waals surface area contributed by atoms with Crippen LogP contribution in [-0.2, 0) is 4.79 Å². The van der Waals surface area contributed by atoms with E-state index < -0.39 is 12.0 Å². The molecule has 0 radical (unpaired) electrons. The topological polar surface area (TPSA) is 85.3 Å². The summed E-state index contributed by atoms with van der Waals surface area (Å²) < 4.78 is 0. The summed E-state index contributed by atoms with van der Waals surface area (Å²) in [5.74, 6) is -0.392. The number of aromatic amines is 1. The van der Waals surface area contributed by atoms with Gasteiger partial charge in [-0.3, -0.25) is 10.0 Å². The number of para-hydroxylation sites is 1. The molecule has 0 aliphatic heterocycles. The highest BCUT2D eigenvalue weighted by Crippen LogP contribution is 2.26. The SMILES string of the molecule is O=C(CCCC[C@@H](O)c1ccc(-c2cc3ccccc3[nH]2)cc1)NO. The van der Waals surface area contributed by atoms with Gasteiger partial charge in [0.25, 0.3) is 0 Å². The van der Waals surface area contributed by atoms with Gasteiger partial charge in [0, 0.05) is 23.0 Å². The van der Waals surface area contributed by atoms with Gasteiger partial charge < -0.3 is 10.1 Å². The zero-order chi connectivity index (χ0) is 17.6. The minimum Gasteiger partial charge on any atom is -0.388 e. The Labute approximate surface area is 146 Å². The maximum atomic E-state index is 10.9. The third-order valence-electron chi connectivity index (χ3n) is 4.39. The van der Waals surface area contributed by atoms with Crippen molar-refractivity contribution in [3.05, 3.63) is 60.2 Å².